The van der Waals surface area contributed by atoms with Gasteiger partial charge in [0.25, 0.3) is 5.91 Å². The monoisotopic (exact) mass is 418 g/mol. The Kier molecular flexibility index (Phi) is 6.79. The van der Waals surface area contributed by atoms with Gasteiger partial charge in [-0.05, 0) is 56.1 Å². The minimum Gasteiger partial charge on any atom is -0.379 e. The predicted molar refractivity (Wildman–Crippen MR) is 123 cm³/mol. The first-order chi connectivity index (χ1) is 15.1. The molecule has 0 radical (unpaired) electrons. The van der Waals surface area contributed by atoms with Crippen LogP contribution in [0.25, 0.3) is 16.9 Å². The molecule has 1 fully saturated rings. The molecule has 6 heteroatoms. The summed E-state index contributed by atoms with van der Waals surface area (Å²) < 4.78 is 7.18. The molecule has 6 nitrogen and oxygen atoms in total. The van der Waals surface area contributed by atoms with Gasteiger partial charge in [-0.25, -0.2) is 4.68 Å². The van der Waals surface area contributed by atoms with E-state index in [0.29, 0.717) is 17.8 Å². The van der Waals surface area contributed by atoms with Gasteiger partial charge in [0.1, 0.15) is 5.69 Å². The van der Waals surface area contributed by atoms with Crippen LogP contribution < -0.4 is 5.32 Å². The molecular weight excluding hydrogens is 388 g/mol. The van der Waals surface area contributed by atoms with E-state index in [2.05, 4.69) is 36.2 Å². The number of benzene rings is 2. The average Bonchev–Trinajstić information content (AvgIpc) is 3.25. The lowest BCUT2D eigenvalue weighted by Crippen LogP contribution is -2.38. The Hall–Kier alpha value is -2.96. The molecule has 2 heterocycles. The van der Waals surface area contributed by atoms with Crippen LogP contribution in [-0.2, 0) is 4.74 Å². The number of nitrogens with zero attached hydrogens (tertiary/aromatic N) is 3. The maximum absolute atomic E-state index is 13.1. The zero-order valence-electron chi connectivity index (χ0n) is 18.3. The molecule has 0 saturated carbocycles. The van der Waals surface area contributed by atoms with Crippen LogP contribution in [0.4, 0.5) is 0 Å². The lowest BCUT2D eigenvalue weighted by Gasteiger charge is -2.26. The molecule has 1 aliphatic rings. The molecule has 0 aliphatic carbocycles. The van der Waals surface area contributed by atoms with E-state index in [1.54, 1.807) is 4.68 Å². The van der Waals surface area contributed by atoms with E-state index >= 15 is 0 Å². The molecular formula is C25H30N4O2. The molecule has 1 aliphatic heterocycles. The zero-order valence-corrected chi connectivity index (χ0v) is 18.3. The fraction of sp³-hybridized carbons (Fsp3) is 0.360. The Bertz CT molecular complexity index is 1020. The van der Waals surface area contributed by atoms with Gasteiger partial charge in [-0.15, -0.1) is 0 Å². The standard InChI is InChI=1S/C25H30N4O2/c1-19-9-10-21(17-20(19)2)24-23(18-29(27-24)22-7-4-3-5-8-22)25(30)26-11-6-12-28-13-15-31-16-14-28/h3-5,7-10,17-18H,6,11-16H2,1-2H3,(H,26,30). The van der Waals surface area contributed by atoms with Crippen LogP contribution in [0, 0.1) is 13.8 Å². The van der Waals surface area contributed by atoms with Gasteiger partial charge in [-0.3, -0.25) is 9.69 Å². The van der Waals surface area contributed by atoms with Gasteiger partial charge in [-0.1, -0.05) is 30.3 Å². The number of nitrogens with one attached hydrogen (secondary N) is 1. The molecule has 0 unspecified atom stereocenters. The number of aromatic nitrogens is 2. The third-order valence-electron chi connectivity index (χ3n) is 5.80. The minimum atomic E-state index is -0.0858. The predicted octanol–water partition coefficient (Wildman–Crippen LogP) is 3.61. The summed E-state index contributed by atoms with van der Waals surface area (Å²) in [6, 6.07) is 16.1. The first-order valence-electron chi connectivity index (χ1n) is 10.9. The molecule has 31 heavy (non-hydrogen) atoms. The van der Waals surface area contributed by atoms with Gasteiger partial charge in [0.2, 0.25) is 0 Å². The Labute approximate surface area is 183 Å². The van der Waals surface area contributed by atoms with Crippen molar-refractivity contribution in [2.75, 3.05) is 39.4 Å². The summed E-state index contributed by atoms with van der Waals surface area (Å²) >= 11 is 0. The third kappa shape index (κ3) is 5.21. The Morgan fingerprint density at radius 2 is 1.84 bits per heavy atom. The summed E-state index contributed by atoms with van der Waals surface area (Å²) in [5.41, 5.74) is 5.59. The lowest BCUT2D eigenvalue weighted by atomic mass is 10.0. The van der Waals surface area contributed by atoms with Gasteiger partial charge in [0.05, 0.1) is 24.5 Å². The molecule has 0 atom stereocenters. The van der Waals surface area contributed by atoms with Crippen LogP contribution in [-0.4, -0.2) is 60.0 Å². The Balaban J connectivity index is 1.52. The summed E-state index contributed by atoms with van der Waals surface area (Å²) in [6.07, 6.45) is 2.74. The highest BCUT2D eigenvalue weighted by Crippen LogP contribution is 2.26. The molecule has 3 aromatic rings. The Morgan fingerprint density at radius 1 is 1.06 bits per heavy atom. The van der Waals surface area contributed by atoms with Crippen molar-refractivity contribution in [1.29, 1.82) is 0 Å². The highest BCUT2D eigenvalue weighted by molar-refractivity contribution is 6.00. The molecule has 1 N–H and O–H groups in total. The van der Waals surface area contributed by atoms with Crippen molar-refractivity contribution in [2.45, 2.75) is 20.3 Å². The largest absolute Gasteiger partial charge is 0.379 e. The van der Waals surface area contributed by atoms with Crippen molar-refractivity contribution in [3.63, 3.8) is 0 Å². The van der Waals surface area contributed by atoms with Crippen molar-refractivity contribution in [3.8, 4) is 16.9 Å². The maximum Gasteiger partial charge on any atom is 0.255 e. The lowest BCUT2D eigenvalue weighted by molar-refractivity contribution is 0.0374. The van der Waals surface area contributed by atoms with Crippen molar-refractivity contribution < 1.29 is 9.53 Å². The van der Waals surface area contributed by atoms with E-state index < -0.39 is 0 Å². The summed E-state index contributed by atoms with van der Waals surface area (Å²) in [5, 5.41) is 7.87. The molecule has 2 aromatic carbocycles. The second-order valence-corrected chi connectivity index (χ2v) is 8.03. The van der Waals surface area contributed by atoms with Crippen molar-refractivity contribution in [1.82, 2.24) is 20.0 Å². The highest BCUT2D eigenvalue weighted by Gasteiger charge is 2.19. The second-order valence-electron chi connectivity index (χ2n) is 8.03. The number of ether oxygens (including phenoxy) is 1. The van der Waals surface area contributed by atoms with E-state index in [4.69, 9.17) is 9.84 Å². The number of amides is 1. The van der Waals surface area contributed by atoms with Crippen LogP contribution >= 0.6 is 0 Å². The van der Waals surface area contributed by atoms with Crippen LogP contribution in [0.15, 0.2) is 54.7 Å². The average molecular weight is 419 g/mol. The van der Waals surface area contributed by atoms with E-state index in [-0.39, 0.29) is 5.91 Å². The molecule has 1 aromatic heterocycles. The van der Waals surface area contributed by atoms with E-state index in [1.807, 2.05) is 42.6 Å². The molecule has 0 spiro atoms. The molecule has 1 amide bonds. The summed E-state index contributed by atoms with van der Waals surface area (Å²) in [6.45, 7) is 9.30. The number of hydrogen-bond donors (Lipinski definition) is 1. The van der Waals surface area contributed by atoms with Gasteiger partial charge < -0.3 is 10.1 Å². The first-order valence-corrected chi connectivity index (χ1v) is 10.9. The number of hydrogen-bond acceptors (Lipinski definition) is 4. The maximum atomic E-state index is 13.1. The smallest absolute Gasteiger partial charge is 0.255 e. The Morgan fingerprint density at radius 3 is 2.58 bits per heavy atom. The van der Waals surface area contributed by atoms with Gasteiger partial charge in [0, 0.05) is 31.4 Å². The zero-order chi connectivity index (χ0) is 21.6. The fourth-order valence-corrected chi connectivity index (χ4v) is 3.78. The molecule has 4 rings (SSSR count). The van der Waals surface area contributed by atoms with Crippen LogP contribution in [0.2, 0.25) is 0 Å². The van der Waals surface area contributed by atoms with Crippen molar-refractivity contribution in [3.05, 3.63) is 71.4 Å². The van der Waals surface area contributed by atoms with Crippen LogP contribution in [0.1, 0.15) is 27.9 Å². The molecule has 1 saturated heterocycles. The number of aryl methyl sites for hydroxylation is 2. The van der Waals surface area contributed by atoms with E-state index in [9.17, 15) is 4.79 Å². The molecule has 162 valence electrons. The fourth-order valence-electron chi connectivity index (χ4n) is 3.78. The number of carbonyl (C=O) groups is 1. The molecule has 0 bridgehead atoms. The minimum absolute atomic E-state index is 0.0858. The van der Waals surface area contributed by atoms with Crippen LogP contribution in [0.5, 0.6) is 0 Å². The van der Waals surface area contributed by atoms with Gasteiger partial charge in [-0.2, -0.15) is 5.10 Å². The first kappa shape index (κ1) is 21.3. The highest BCUT2D eigenvalue weighted by atomic mass is 16.5. The topological polar surface area (TPSA) is 59.4 Å². The van der Waals surface area contributed by atoms with E-state index in [0.717, 1.165) is 50.5 Å². The van der Waals surface area contributed by atoms with E-state index in [1.165, 1.54) is 11.1 Å². The second kappa shape index (κ2) is 9.90. The summed E-state index contributed by atoms with van der Waals surface area (Å²) in [7, 11) is 0. The van der Waals surface area contributed by atoms with Crippen molar-refractivity contribution in [2.24, 2.45) is 0 Å². The van der Waals surface area contributed by atoms with Gasteiger partial charge in [0.15, 0.2) is 0 Å². The summed E-state index contributed by atoms with van der Waals surface area (Å²) in [5.74, 6) is -0.0858. The quantitative estimate of drug-likeness (QED) is 0.596. The SMILES string of the molecule is Cc1ccc(-c2nn(-c3ccccc3)cc2C(=O)NCCCN2CCOCC2)cc1C. The number of para-hydroxylation sites is 1. The normalized spacial score (nSPS) is 14.5. The van der Waals surface area contributed by atoms with Gasteiger partial charge >= 0.3 is 0 Å². The summed E-state index contributed by atoms with van der Waals surface area (Å²) in [4.78, 5) is 15.5. The third-order valence-corrected chi connectivity index (χ3v) is 5.80. The number of rotatable bonds is 7. The number of morpholine rings is 1. The number of carbonyl (C=O) groups excluding carboxylic acids is 1. The van der Waals surface area contributed by atoms with Crippen LogP contribution in [0.3, 0.4) is 0 Å². The van der Waals surface area contributed by atoms with Crippen molar-refractivity contribution >= 4 is 5.91 Å².